The number of piperidine rings is 1. The third kappa shape index (κ3) is 4.29. The van der Waals surface area contributed by atoms with E-state index in [1.54, 1.807) is 23.1 Å². The molecule has 7 heteroatoms. The number of carbonyl (C=O) groups excluding carboxylic acids is 2. The zero-order valence-corrected chi connectivity index (χ0v) is 13.9. The topological polar surface area (TPSA) is 95.9 Å². The quantitative estimate of drug-likeness (QED) is 0.849. The molecule has 2 aliphatic rings. The van der Waals surface area contributed by atoms with E-state index in [1.807, 2.05) is 6.07 Å². The monoisotopic (exact) mass is 346 g/mol. The van der Waals surface area contributed by atoms with Crippen LogP contribution in [0.3, 0.4) is 0 Å². The molecule has 0 spiro atoms. The number of aliphatic carboxylic acids is 1. The van der Waals surface area contributed by atoms with Gasteiger partial charge < -0.3 is 20.1 Å². The van der Waals surface area contributed by atoms with Gasteiger partial charge in [-0.05, 0) is 37.3 Å². The Hall–Kier alpha value is -2.57. The summed E-state index contributed by atoms with van der Waals surface area (Å²) in [5.41, 5.74) is 0.614. The van der Waals surface area contributed by atoms with E-state index >= 15 is 0 Å². The standard InChI is InChI=1S/C18H22N2O5/c21-16(20-9-3-4-12(11-20)7-8-17(22)23)10-15-18(24)19-13-5-1-2-6-14(13)25-15/h1-2,5-6,12,15H,3-4,7-11H2,(H,19,24)(H,22,23). The van der Waals surface area contributed by atoms with Gasteiger partial charge in [-0.2, -0.15) is 0 Å². The predicted molar refractivity (Wildman–Crippen MR) is 90.3 cm³/mol. The van der Waals surface area contributed by atoms with Crippen molar-refractivity contribution in [1.29, 1.82) is 0 Å². The number of carbonyl (C=O) groups is 3. The van der Waals surface area contributed by atoms with Crippen molar-refractivity contribution >= 4 is 23.5 Å². The van der Waals surface area contributed by atoms with Crippen molar-refractivity contribution in [2.45, 2.75) is 38.2 Å². The van der Waals surface area contributed by atoms with E-state index in [9.17, 15) is 14.4 Å². The molecule has 1 saturated heterocycles. The number of benzene rings is 1. The summed E-state index contributed by atoms with van der Waals surface area (Å²) in [5.74, 6) is -0.478. The molecule has 0 bridgehead atoms. The first-order valence-electron chi connectivity index (χ1n) is 8.59. The zero-order valence-electron chi connectivity index (χ0n) is 13.9. The van der Waals surface area contributed by atoms with Gasteiger partial charge in [-0.3, -0.25) is 14.4 Å². The van der Waals surface area contributed by atoms with Crippen molar-refractivity contribution in [1.82, 2.24) is 4.90 Å². The Bertz CT molecular complexity index is 675. The van der Waals surface area contributed by atoms with Crippen molar-refractivity contribution in [3.63, 3.8) is 0 Å². The largest absolute Gasteiger partial charge is 0.481 e. The Balaban J connectivity index is 1.56. The third-order valence-electron chi connectivity index (χ3n) is 4.70. The molecule has 2 amide bonds. The van der Waals surface area contributed by atoms with Gasteiger partial charge in [-0.15, -0.1) is 0 Å². The van der Waals surface area contributed by atoms with E-state index in [0.29, 0.717) is 30.9 Å². The van der Waals surface area contributed by atoms with Crippen molar-refractivity contribution in [3.05, 3.63) is 24.3 Å². The second-order valence-corrected chi connectivity index (χ2v) is 6.58. The number of carboxylic acid groups (broad SMARTS) is 1. The maximum Gasteiger partial charge on any atom is 0.303 e. The van der Waals surface area contributed by atoms with Gasteiger partial charge in [-0.25, -0.2) is 0 Å². The van der Waals surface area contributed by atoms with Gasteiger partial charge >= 0.3 is 5.97 Å². The number of nitrogens with one attached hydrogen (secondary N) is 1. The summed E-state index contributed by atoms with van der Waals surface area (Å²) in [4.78, 5) is 37.1. The number of ether oxygens (including phenoxy) is 1. The summed E-state index contributed by atoms with van der Waals surface area (Å²) in [5, 5.41) is 11.6. The highest BCUT2D eigenvalue weighted by Gasteiger charge is 2.32. The molecule has 1 aromatic rings. The Morgan fingerprint density at radius 1 is 1.32 bits per heavy atom. The molecule has 2 N–H and O–H groups in total. The maximum absolute atomic E-state index is 12.6. The summed E-state index contributed by atoms with van der Waals surface area (Å²) >= 11 is 0. The molecule has 3 rings (SSSR count). The highest BCUT2D eigenvalue weighted by molar-refractivity contribution is 5.99. The van der Waals surface area contributed by atoms with Crippen LogP contribution in [-0.4, -0.2) is 47.0 Å². The first-order valence-corrected chi connectivity index (χ1v) is 8.59. The normalized spacial score (nSPS) is 22.6. The van der Waals surface area contributed by atoms with Gasteiger partial charge in [0, 0.05) is 19.5 Å². The van der Waals surface area contributed by atoms with E-state index in [0.717, 1.165) is 12.8 Å². The fourth-order valence-electron chi connectivity index (χ4n) is 3.37. The minimum atomic E-state index is -0.832. The van der Waals surface area contributed by atoms with Crippen molar-refractivity contribution in [2.75, 3.05) is 18.4 Å². The number of amides is 2. The minimum absolute atomic E-state index is 0.00812. The van der Waals surface area contributed by atoms with Gasteiger partial charge in [0.15, 0.2) is 6.10 Å². The Labute approximate surface area is 146 Å². The van der Waals surface area contributed by atoms with E-state index < -0.39 is 12.1 Å². The van der Waals surface area contributed by atoms with Crippen LogP contribution in [0, 0.1) is 5.92 Å². The summed E-state index contributed by atoms with van der Waals surface area (Å²) in [6.45, 7) is 1.20. The van der Waals surface area contributed by atoms with Gasteiger partial charge in [0.2, 0.25) is 5.91 Å². The second kappa shape index (κ2) is 7.55. The molecule has 134 valence electrons. The van der Waals surface area contributed by atoms with Crippen molar-refractivity contribution in [2.24, 2.45) is 5.92 Å². The molecule has 7 nitrogen and oxygen atoms in total. The van der Waals surface area contributed by atoms with E-state index in [2.05, 4.69) is 5.32 Å². The molecule has 0 aromatic heterocycles. The zero-order chi connectivity index (χ0) is 17.8. The van der Waals surface area contributed by atoms with Crippen LogP contribution in [0.25, 0.3) is 0 Å². The predicted octanol–water partition coefficient (Wildman–Crippen LogP) is 1.88. The fraction of sp³-hybridized carbons (Fsp3) is 0.500. The molecule has 0 radical (unpaired) electrons. The van der Waals surface area contributed by atoms with Crippen LogP contribution in [0.4, 0.5) is 5.69 Å². The molecular weight excluding hydrogens is 324 g/mol. The minimum Gasteiger partial charge on any atom is -0.481 e. The number of nitrogens with zero attached hydrogens (tertiary/aromatic N) is 1. The third-order valence-corrected chi connectivity index (χ3v) is 4.70. The smallest absolute Gasteiger partial charge is 0.303 e. The van der Waals surface area contributed by atoms with Gasteiger partial charge in [0.1, 0.15) is 5.75 Å². The number of likely N-dealkylation sites (tertiary alicyclic amines) is 1. The molecule has 0 saturated carbocycles. The van der Waals surface area contributed by atoms with Crippen molar-refractivity contribution < 1.29 is 24.2 Å². The molecule has 2 aliphatic heterocycles. The molecule has 25 heavy (non-hydrogen) atoms. The van der Waals surface area contributed by atoms with Crippen LogP contribution in [0.5, 0.6) is 5.75 Å². The number of rotatable bonds is 5. The van der Waals surface area contributed by atoms with E-state index in [1.165, 1.54) is 0 Å². The lowest BCUT2D eigenvalue weighted by Gasteiger charge is -2.34. The summed E-state index contributed by atoms with van der Waals surface area (Å²) in [6, 6.07) is 7.13. The van der Waals surface area contributed by atoms with Gasteiger partial charge in [0.25, 0.3) is 5.91 Å². The molecule has 2 heterocycles. The van der Waals surface area contributed by atoms with Crippen molar-refractivity contribution in [3.8, 4) is 5.75 Å². The lowest BCUT2D eigenvalue weighted by molar-refractivity contribution is -0.139. The Kier molecular flexibility index (Phi) is 5.21. The van der Waals surface area contributed by atoms with Crippen LogP contribution in [0.1, 0.15) is 32.1 Å². The van der Waals surface area contributed by atoms with Crippen LogP contribution >= 0.6 is 0 Å². The molecule has 2 atom stereocenters. The summed E-state index contributed by atoms with van der Waals surface area (Å²) < 4.78 is 5.67. The number of hydrogen-bond acceptors (Lipinski definition) is 4. The lowest BCUT2D eigenvalue weighted by Crippen LogP contribution is -2.45. The average Bonchev–Trinajstić information content (AvgIpc) is 2.61. The summed E-state index contributed by atoms with van der Waals surface area (Å²) in [6.07, 6.45) is 1.65. The van der Waals surface area contributed by atoms with E-state index in [4.69, 9.17) is 9.84 Å². The van der Waals surface area contributed by atoms with Crippen LogP contribution in [0.15, 0.2) is 24.3 Å². The number of anilines is 1. The first kappa shape index (κ1) is 17.3. The average molecular weight is 346 g/mol. The molecular formula is C18H22N2O5. The number of para-hydroxylation sites is 2. The first-order chi connectivity index (χ1) is 12.0. The van der Waals surface area contributed by atoms with Crippen LogP contribution in [0.2, 0.25) is 0 Å². The highest BCUT2D eigenvalue weighted by atomic mass is 16.5. The second-order valence-electron chi connectivity index (χ2n) is 6.58. The van der Waals surface area contributed by atoms with Gasteiger partial charge in [-0.1, -0.05) is 12.1 Å². The molecule has 1 fully saturated rings. The fourth-order valence-corrected chi connectivity index (χ4v) is 3.37. The van der Waals surface area contributed by atoms with Gasteiger partial charge in [0.05, 0.1) is 12.1 Å². The molecule has 1 aromatic carbocycles. The summed E-state index contributed by atoms with van der Waals surface area (Å²) in [7, 11) is 0. The Morgan fingerprint density at radius 3 is 2.92 bits per heavy atom. The maximum atomic E-state index is 12.6. The van der Waals surface area contributed by atoms with E-state index in [-0.39, 0.29) is 30.6 Å². The number of fused-ring (bicyclic) bond motifs is 1. The SMILES string of the molecule is O=C(O)CCC1CCCN(C(=O)CC2Oc3ccccc3NC2=O)C1. The Morgan fingerprint density at radius 2 is 2.12 bits per heavy atom. The lowest BCUT2D eigenvalue weighted by atomic mass is 9.93. The molecule has 0 aliphatic carbocycles. The highest BCUT2D eigenvalue weighted by Crippen LogP contribution is 2.30. The molecule has 2 unspecified atom stereocenters. The number of carboxylic acids is 1. The van der Waals surface area contributed by atoms with Crippen LogP contribution < -0.4 is 10.1 Å². The number of hydrogen-bond donors (Lipinski definition) is 2. The van der Waals surface area contributed by atoms with Crippen LogP contribution in [-0.2, 0) is 14.4 Å².